The SMILES string of the molecule is C/C(=C\CNc1ncnc2c1ncn2C1OC(COP(=O)(O)OP(=O)(O)O)C(O)C1O)CO. The Morgan fingerprint density at radius 3 is 2.64 bits per heavy atom. The first-order valence-electron chi connectivity index (χ1n) is 9.35. The van der Waals surface area contributed by atoms with Crippen molar-refractivity contribution in [3.63, 3.8) is 0 Å². The van der Waals surface area contributed by atoms with Crippen LogP contribution in [0.3, 0.4) is 0 Å². The van der Waals surface area contributed by atoms with E-state index in [-0.39, 0.29) is 12.3 Å². The molecule has 5 unspecified atom stereocenters. The summed E-state index contributed by atoms with van der Waals surface area (Å²) >= 11 is 0. The second-order valence-electron chi connectivity index (χ2n) is 7.02. The lowest BCUT2D eigenvalue weighted by molar-refractivity contribution is -0.0503. The molecular formula is C15H23N5O11P2. The molecule has 16 nitrogen and oxygen atoms in total. The molecule has 3 heterocycles. The maximum Gasteiger partial charge on any atom is 0.481 e. The van der Waals surface area contributed by atoms with Crippen LogP contribution in [0.2, 0.25) is 0 Å². The van der Waals surface area contributed by atoms with Gasteiger partial charge in [0.2, 0.25) is 0 Å². The largest absolute Gasteiger partial charge is 0.481 e. The Bertz CT molecular complexity index is 1110. The van der Waals surface area contributed by atoms with Crippen LogP contribution in [0, 0.1) is 0 Å². The van der Waals surface area contributed by atoms with Crippen molar-refractivity contribution in [2.75, 3.05) is 25.1 Å². The molecule has 1 aliphatic rings. The lowest BCUT2D eigenvalue weighted by Crippen LogP contribution is -2.33. The number of phosphoric acid groups is 2. The third kappa shape index (κ3) is 6.41. The predicted molar refractivity (Wildman–Crippen MR) is 109 cm³/mol. The number of hydrogen-bond acceptors (Lipinski definition) is 12. The molecule has 7 N–H and O–H groups in total. The van der Waals surface area contributed by atoms with Gasteiger partial charge in [0.1, 0.15) is 24.6 Å². The fourth-order valence-electron chi connectivity index (χ4n) is 2.98. The summed E-state index contributed by atoms with van der Waals surface area (Å²) in [7, 11) is -10.5. The molecule has 3 rings (SSSR count). The van der Waals surface area contributed by atoms with Gasteiger partial charge in [0.15, 0.2) is 23.2 Å². The van der Waals surface area contributed by atoms with Crippen LogP contribution in [0.15, 0.2) is 24.3 Å². The third-order valence-corrected chi connectivity index (χ3v) is 6.70. The number of aromatic nitrogens is 4. The van der Waals surface area contributed by atoms with E-state index >= 15 is 0 Å². The molecule has 5 atom stereocenters. The Morgan fingerprint density at radius 2 is 1.97 bits per heavy atom. The number of nitrogens with one attached hydrogen (secondary N) is 1. The molecule has 0 radical (unpaired) electrons. The number of ether oxygens (including phenoxy) is 1. The lowest BCUT2D eigenvalue weighted by atomic mass is 10.1. The Hall–Kier alpha value is -1.81. The number of hydrogen-bond donors (Lipinski definition) is 7. The summed E-state index contributed by atoms with van der Waals surface area (Å²) in [6, 6.07) is 0. The molecule has 2 aromatic rings. The summed E-state index contributed by atoms with van der Waals surface area (Å²) in [5.41, 5.74) is 1.32. The topological polar surface area (TPSA) is 239 Å². The molecule has 0 bridgehead atoms. The van der Waals surface area contributed by atoms with Gasteiger partial charge < -0.3 is 40.1 Å². The average molecular weight is 511 g/mol. The molecular weight excluding hydrogens is 488 g/mol. The minimum absolute atomic E-state index is 0.0865. The van der Waals surface area contributed by atoms with Crippen LogP contribution in [0.4, 0.5) is 5.82 Å². The van der Waals surface area contributed by atoms with E-state index in [2.05, 4.69) is 29.1 Å². The maximum absolute atomic E-state index is 11.6. The van der Waals surface area contributed by atoms with Gasteiger partial charge in [-0.1, -0.05) is 11.6 Å². The highest BCUT2D eigenvalue weighted by atomic mass is 31.3. The Balaban J connectivity index is 1.74. The molecule has 0 aliphatic carbocycles. The van der Waals surface area contributed by atoms with Gasteiger partial charge in [-0.05, 0) is 6.92 Å². The third-order valence-electron chi connectivity index (χ3n) is 4.55. The van der Waals surface area contributed by atoms with Gasteiger partial charge in [-0.25, -0.2) is 24.1 Å². The molecule has 0 spiro atoms. The van der Waals surface area contributed by atoms with E-state index in [1.165, 1.54) is 17.2 Å². The van der Waals surface area contributed by atoms with E-state index in [9.17, 15) is 24.2 Å². The smallest absolute Gasteiger partial charge is 0.392 e. The van der Waals surface area contributed by atoms with Crippen LogP contribution in [0.25, 0.3) is 11.2 Å². The number of anilines is 1. The summed E-state index contributed by atoms with van der Waals surface area (Å²) in [6.45, 7) is 1.19. The van der Waals surface area contributed by atoms with Crippen molar-refractivity contribution in [1.29, 1.82) is 0 Å². The van der Waals surface area contributed by atoms with Crippen LogP contribution in [0.1, 0.15) is 13.2 Å². The van der Waals surface area contributed by atoms with Crippen molar-refractivity contribution in [1.82, 2.24) is 19.5 Å². The molecule has 1 fully saturated rings. The Kier molecular flexibility index (Phi) is 7.99. The van der Waals surface area contributed by atoms with Crippen molar-refractivity contribution in [2.45, 2.75) is 31.5 Å². The zero-order valence-electron chi connectivity index (χ0n) is 17.1. The number of phosphoric ester groups is 1. The van der Waals surface area contributed by atoms with Gasteiger partial charge in [-0.3, -0.25) is 9.09 Å². The maximum atomic E-state index is 11.6. The summed E-state index contributed by atoms with van der Waals surface area (Å²) in [5, 5.41) is 32.7. The van der Waals surface area contributed by atoms with Crippen LogP contribution >= 0.6 is 15.6 Å². The van der Waals surface area contributed by atoms with Gasteiger partial charge in [0, 0.05) is 6.54 Å². The second kappa shape index (κ2) is 10.2. The normalized spacial score (nSPS) is 26.0. The first kappa shape index (κ1) is 25.8. The number of aliphatic hydroxyl groups is 3. The number of aliphatic hydroxyl groups excluding tert-OH is 3. The molecule has 0 saturated carbocycles. The molecule has 0 amide bonds. The van der Waals surface area contributed by atoms with E-state index in [1.54, 1.807) is 13.0 Å². The van der Waals surface area contributed by atoms with E-state index in [4.69, 9.17) is 19.6 Å². The molecule has 184 valence electrons. The van der Waals surface area contributed by atoms with Crippen molar-refractivity contribution in [2.24, 2.45) is 0 Å². The van der Waals surface area contributed by atoms with Gasteiger partial charge in [0.25, 0.3) is 0 Å². The summed E-state index contributed by atoms with van der Waals surface area (Å²) in [6.07, 6.45) is -1.41. The molecule has 18 heteroatoms. The quantitative estimate of drug-likeness (QED) is 0.150. The van der Waals surface area contributed by atoms with Gasteiger partial charge in [-0.2, -0.15) is 4.31 Å². The van der Waals surface area contributed by atoms with E-state index in [0.717, 1.165) is 5.57 Å². The zero-order valence-corrected chi connectivity index (χ0v) is 18.9. The van der Waals surface area contributed by atoms with Crippen LogP contribution in [0.5, 0.6) is 0 Å². The van der Waals surface area contributed by atoms with Crippen LogP contribution < -0.4 is 5.32 Å². The first-order valence-corrected chi connectivity index (χ1v) is 12.4. The lowest BCUT2D eigenvalue weighted by Gasteiger charge is -2.17. The number of fused-ring (bicyclic) bond motifs is 1. The number of rotatable bonds is 10. The van der Waals surface area contributed by atoms with E-state index < -0.39 is 46.8 Å². The second-order valence-corrected chi connectivity index (χ2v) is 9.85. The molecule has 1 saturated heterocycles. The standard InChI is InChI=1S/C15H23N5O11P2/c1-8(4-21)2-3-16-13-10-14(18-6-17-13)20(7-19-10)15-12(23)11(22)9(30-15)5-29-33(27,28)31-32(24,25)26/h2,6-7,9,11-12,15,21-23H,3-5H2,1H3,(H,27,28)(H,16,17,18)(H2,24,25,26)/b8-2+. The number of nitrogens with zero attached hydrogens (tertiary/aromatic N) is 4. The highest BCUT2D eigenvalue weighted by molar-refractivity contribution is 7.60. The fraction of sp³-hybridized carbons (Fsp3) is 0.533. The highest BCUT2D eigenvalue weighted by Crippen LogP contribution is 2.57. The van der Waals surface area contributed by atoms with Crippen molar-refractivity contribution in [3.05, 3.63) is 24.3 Å². The van der Waals surface area contributed by atoms with Crippen molar-refractivity contribution >= 4 is 32.6 Å². The average Bonchev–Trinajstić information content (AvgIpc) is 3.27. The highest BCUT2D eigenvalue weighted by Gasteiger charge is 2.46. The van der Waals surface area contributed by atoms with Crippen LogP contribution in [-0.2, 0) is 22.7 Å². The Morgan fingerprint density at radius 1 is 1.24 bits per heavy atom. The van der Waals surface area contributed by atoms with Gasteiger partial charge >= 0.3 is 15.6 Å². The monoisotopic (exact) mass is 511 g/mol. The summed E-state index contributed by atoms with van der Waals surface area (Å²) in [5.74, 6) is 0.365. The summed E-state index contributed by atoms with van der Waals surface area (Å²) in [4.78, 5) is 39.1. The minimum Gasteiger partial charge on any atom is -0.392 e. The van der Waals surface area contributed by atoms with Gasteiger partial charge in [-0.15, -0.1) is 0 Å². The Labute approximate surface area is 186 Å². The molecule has 33 heavy (non-hydrogen) atoms. The van der Waals surface area contributed by atoms with Crippen molar-refractivity contribution in [3.8, 4) is 0 Å². The van der Waals surface area contributed by atoms with E-state index in [1.807, 2.05) is 0 Å². The first-order chi connectivity index (χ1) is 15.4. The van der Waals surface area contributed by atoms with Crippen LogP contribution in [-0.4, -0.2) is 87.6 Å². The fourth-order valence-corrected chi connectivity index (χ4v) is 4.58. The predicted octanol–water partition coefficient (Wildman–Crippen LogP) is -0.978. The van der Waals surface area contributed by atoms with Gasteiger partial charge in [0.05, 0.1) is 19.5 Å². The van der Waals surface area contributed by atoms with Crippen molar-refractivity contribution < 1.29 is 52.7 Å². The summed E-state index contributed by atoms with van der Waals surface area (Å²) < 4.78 is 37.3. The molecule has 0 aromatic carbocycles. The molecule has 1 aliphatic heterocycles. The molecule has 2 aromatic heterocycles. The minimum atomic E-state index is -5.31. The number of imidazole rings is 1. The van der Waals surface area contributed by atoms with E-state index in [0.29, 0.717) is 17.9 Å². The zero-order chi connectivity index (χ0) is 24.4.